The van der Waals surface area contributed by atoms with Gasteiger partial charge in [-0.3, -0.25) is 4.90 Å². The fourth-order valence-corrected chi connectivity index (χ4v) is 2.36. The summed E-state index contributed by atoms with van der Waals surface area (Å²) in [5.41, 5.74) is 5.66. The molecule has 0 heterocycles. The van der Waals surface area contributed by atoms with E-state index in [2.05, 4.69) is 11.8 Å². The zero-order chi connectivity index (χ0) is 15.2. The van der Waals surface area contributed by atoms with Crippen LogP contribution in [0.2, 0.25) is 0 Å². The Morgan fingerprint density at radius 2 is 1.52 bits per heavy atom. The molecule has 21 heavy (non-hydrogen) atoms. The molecule has 0 aliphatic heterocycles. The van der Waals surface area contributed by atoms with Crippen molar-refractivity contribution >= 4 is 0 Å². The summed E-state index contributed by atoms with van der Waals surface area (Å²) < 4.78 is 16.5. The van der Waals surface area contributed by atoms with Crippen molar-refractivity contribution in [1.82, 2.24) is 4.90 Å². The minimum absolute atomic E-state index is 0.650. The molecule has 126 valence electrons. The molecule has 0 atom stereocenters. The summed E-state index contributed by atoms with van der Waals surface area (Å²) in [5.74, 6) is 0. The Kier molecular flexibility index (Phi) is 12.1. The van der Waals surface area contributed by atoms with E-state index in [-0.39, 0.29) is 0 Å². The maximum absolute atomic E-state index is 5.66. The summed E-state index contributed by atoms with van der Waals surface area (Å²) >= 11 is 0. The van der Waals surface area contributed by atoms with Crippen LogP contribution in [0.4, 0.5) is 0 Å². The van der Waals surface area contributed by atoms with Crippen LogP contribution in [0.5, 0.6) is 0 Å². The van der Waals surface area contributed by atoms with Gasteiger partial charge in [-0.15, -0.1) is 0 Å². The topological polar surface area (TPSA) is 57.0 Å². The molecule has 0 bridgehead atoms. The van der Waals surface area contributed by atoms with Crippen molar-refractivity contribution in [1.29, 1.82) is 0 Å². The highest BCUT2D eigenvalue weighted by Gasteiger charge is 2.23. The first-order valence-corrected chi connectivity index (χ1v) is 8.55. The second kappa shape index (κ2) is 13.5. The summed E-state index contributed by atoms with van der Waals surface area (Å²) in [6, 6.07) is 0.744. The molecule has 0 spiro atoms. The molecule has 1 aliphatic rings. The van der Waals surface area contributed by atoms with E-state index in [4.69, 9.17) is 19.9 Å². The van der Waals surface area contributed by atoms with Crippen LogP contribution >= 0.6 is 0 Å². The van der Waals surface area contributed by atoms with Gasteiger partial charge in [0.2, 0.25) is 0 Å². The van der Waals surface area contributed by atoms with Crippen LogP contribution < -0.4 is 5.73 Å². The molecule has 0 amide bonds. The third-order valence-electron chi connectivity index (χ3n) is 3.92. The molecule has 1 rings (SSSR count). The van der Waals surface area contributed by atoms with E-state index >= 15 is 0 Å². The number of ether oxygens (including phenoxy) is 3. The first-order valence-electron chi connectivity index (χ1n) is 8.55. The Morgan fingerprint density at radius 1 is 0.905 bits per heavy atom. The maximum atomic E-state index is 5.66. The predicted molar refractivity (Wildman–Crippen MR) is 85.6 cm³/mol. The zero-order valence-electron chi connectivity index (χ0n) is 13.7. The molecule has 0 aromatic heterocycles. The van der Waals surface area contributed by atoms with Gasteiger partial charge in [-0.1, -0.05) is 19.8 Å². The number of hydrogen-bond acceptors (Lipinski definition) is 5. The minimum Gasteiger partial charge on any atom is -0.379 e. The first kappa shape index (κ1) is 18.8. The number of unbranched alkanes of at least 4 members (excludes halogenated alkanes) is 1. The van der Waals surface area contributed by atoms with Crippen molar-refractivity contribution in [3.05, 3.63) is 0 Å². The van der Waals surface area contributed by atoms with Crippen molar-refractivity contribution in [3.8, 4) is 0 Å². The summed E-state index contributed by atoms with van der Waals surface area (Å²) in [7, 11) is 0. The second-order valence-corrected chi connectivity index (χ2v) is 5.60. The van der Waals surface area contributed by atoms with E-state index in [0.717, 1.165) is 45.3 Å². The molecule has 0 aromatic carbocycles. The normalized spacial score (nSPS) is 15.6. The van der Waals surface area contributed by atoms with Crippen LogP contribution in [-0.2, 0) is 14.2 Å². The lowest BCUT2D eigenvalue weighted by molar-refractivity contribution is 0.00530. The van der Waals surface area contributed by atoms with Crippen molar-refractivity contribution in [3.63, 3.8) is 0 Å². The summed E-state index contributed by atoms with van der Waals surface area (Å²) in [5, 5.41) is 0. The van der Waals surface area contributed by atoms with Crippen molar-refractivity contribution in [2.45, 2.75) is 45.1 Å². The van der Waals surface area contributed by atoms with Gasteiger partial charge >= 0.3 is 0 Å². The highest BCUT2D eigenvalue weighted by molar-refractivity contribution is 4.79. The Hall–Kier alpha value is -0.200. The first-order chi connectivity index (χ1) is 10.4. The second-order valence-electron chi connectivity index (χ2n) is 5.60. The molecule has 5 heteroatoms. The van der Waals surface area contributed by atoms with Gasteiger partial charge in [0.1, 0.15) is 0 Å². The smallest absolute Gasteiger partial charge is 0.0701 e. The van der Waals surface area contributed by atoms with E-state index in [1.807, 2.05) is 0 Å². The monoisotopic (exact) mass is 302 g/mol. The predicted octanol–water partition coefficient (Wildman–Crippen LogP) is 1.65. The van der Waals surface area contributed by atoms with Crippen LogP contribution in [-0.4, -0.2) is 70.2 Å². The molecule has 1 fully saturated rings. The third-order valence-corrected chi connectivity index (χ3v) is 3.92. The summed E-state index contributed by atoms with van der Waals surface area (Å²) in [4.78, 5) is 2.46. The van der Waals surface area contributed by atoms with Gasteiger partial charge in [0, 0.05) is 32.3 Å². The molecule has 5 nitrogen and oxygen atoms in total. The van der Waals surface area contributed by atoms with Crippen molar-refractivity contribution in [2.24, 2.45) is 5.73 Å². The summed E-state index contributed by atoms with van der Waals surface area (Å²) in [6.45, 7) is 9.14. The Balaban J connectivity index is 1.82. The molecule has 0 unspecified atom stereocenters. The Bertz CT molecular complexity index is 226. The molecule has 2 N–H and O–H groups in total. The van der Waals surface area contributed by atoms with E-state index in [9.17, 15) is 0 Å². The fraction of sp³-hybridized carbons (Fsp3) is 1.00. The van der Waals surface area contributed by atoms with Gasteiger partial charge in [-0.2, -0.15) is 0 Å². The van der Waals surface area contributed by atoms with E-state index < -0.39 is 0 Å². The van der Waals surface area contributed by atoms with Crippen molar-refractivity contribution < 1.29 is 14.2 Å². The van der Waals surface area contributed by atoms with Crippen LogP contribution in [0.3, 0.4) is 0 Å². The van der Waals surface area contributed by atoms with Crippen molar-refractivity contribution in [2.75, 3.05) is 59.3 Å². The van der Waals surface area contributed by atoms with Gasteiger partial charge < -0.3 is 19.9 Å². The van der Waals surface area contributed by atoms with Gasteiger partial charge in [-0.05, 0) is 19.3 Å². The van der Waals surface area contributed by atoms with Gasteiger partial charge in [0.05, 0.1) is 33.0 Å². The standard InChI is InChI=1S/C16H34N2O3/c1-2-3-10-19-12-14-21-15-13-20-11-9-18(8-7-17)16-5-4-6-16/h16H,2-15,17H2,1H3. The quantitative estimate of drug-likeness (QED) is 0.466. The average Bonchev–Trinajstić information content (AvgIpc) is 2.43. The molecule has 0 saturated heterocycles. The van der Waals surface area contributed by atoms with E-state index in [1.54, 1.807) is 0 Å². The van der Waals surface area contributed by atoms with E-state index in [1.165, 1.54) is 25.7 Å². The Morgan fingerprint density at radius 3 is 2.05 bits per heavy atom. The third kappa shape index (κ3) is 9.42. The number of rotatable bonds is 15. The van der Waals surface area contributed by atoms with Crippen LogP contribution in [0, 0.1) is 0 Å². The van der Waals surface area contributed by atoms with Gasteiger partial charge in [0.15, 0.2) is 0 Å². The highest BCUT2D eigenvalue weighted by atomic mass is 16.5. The maximum Gasteiger partial charge on any atom is 0.0701 e. The average molecular weight is 302 g/mol. The molecule has 1 aliphatic carbocycles. The van der Waals surface area contributed by atoms with Crippen LogP contribution in [0.1, 0.15) is 39.0 Å². The lowest BCUT2D eigenvalue weighted by Crippen LogP contribution is -2.44. The number of hydrogen-bond donors (Lipinski definition) is 1. The fourth-order valence-electron chi connectivity index (χ4n) is 2.36. The Labute approximate surface area is 130 Å². The summed E-state index contributed by atoms with van der Waals surface area (Å²) in [6.07, 6.45) is 6.31. The zero-order valence-corrected chi connectivity index (χ0v) is 13.7. The van der Waals surface area contributed by atoms with Crippen LogP contribution in [0.25, 0.3) is 0 Å². The molecular weight excluding hydrogens is 268 g/mol. The lowest BCUT2D eigenvalue weighted by atomic mass is 9.91. The number of nitrogens with zero attached hydrogens (tertiary/aromatic N) is 1. The largest absolute Gasteiger partial charge is 0.379 e. The van der Waals surface area contributed by atoms with E-state index in [0.29, 0.717) is 26.4 Å². The van der Waals surface area contributed by atoms with Gasteiger partial charge in [0.25, 0.3) is 0 Å². The lowest BCUT2D eigenvalue weighted by Gasteiger charge is -2.37. The SMILES string of the molecule is CCCCOCCOCCOCCN(CCN)C1CCC1. The minimum atomic E-state index is 0.650. The van der Waals surface area contributed by atoms with Crippen LogP contribution in [0.15, 0.2) is 0 Å². The molecule has 1 saturated carbocycles. The molecular formula is C16H34N2O3. The van der Waals surface area contributed by atoms with Gasteiger partial charge in [-0.25, -0.2) is 0 Å². The highest BCUT2D eigenvalue weighted by Crippen LogP contribution is 2.23. The molecule has 0 aromatic rings. The molecule has 0 radical (unpaired) electrons. The number of nitrogens with two attached hydrogens (primary N) is 1.